The van der Waals surface area contributed by atoms with Crippen LogP contribution in [0, 0.1) is 0 Å². The van der Waals surface area contributed by atoms with Gasteiger partial charge in [0.2, 0.25) is 0 Å². The Balaban J connectivity index is 2.18. The van der Waals surface area contributed by atoms with Crippen molar-refractivity contribution < 1.29 is 5.11 Å². The van der Waals surface area contributed by atoms with Crippen molar-refractivity contribution in [2.45, 2.75) is 12.8 Å². The molecule has 0 radical (unpaired) electrons. The topological polar surface area (TPSA) is 23.5 Å². The summed E-state index contributed by atoms with van der Waals surface area (Å²) in [5, 5.41) is 9.83. The van der Waals surface area contributed by atoms with Gasteiger partial charge >= 0.3 is 0 Å². The number of phenolic OH excluding ortho intramolecular Hbond substituents is 1. The van der Waals surface area contributed by atoms with Gasteiger partial charge in [0, 0.05) is 6.54 Å². The van der Waals surface area contributed by atoms with Crippen LogP contribution >= 0.6 is 0 Å². The van der Waals surface area contributed by atoms with Crippen LogP contribution in [-0.2, 0) is 6.42 Å². The molecule has 21 heavy (non-hydrogen) atoms. The normalized spacial score (nSPS) is 14.4. The molecule has 0 aromatic heterocycles. The van der Waals surface area contributed by atoms with Crippen molar-refractivity contribution in [1.29, 1.82) is 0 Å². The SMILES string of the molecule is CN(C)CC1=C(c2cccc(O)c2)c2ccccc2CC1. The minimum Gasteiger partial charge on any atom is -0.508 e. The van der Waals surface area contributed by atoms with Crippen LogP contribution < -0.4 is 0 Å². The Morgan fingerprint density at radius 3 is 2.57 bits per heavy atom. The molecule has 3 rings (SSSR count). The molecular formula is C19H21NO. The highest BCUT2D eigenvalue weighted by molar-refractivity contribution is 5.85. The lowest BCUT2D eigenvalue weighted by Gasteiger charge is -2.26. The number of aromatic hydroxyl groups is 1. The Bertz CT molecular complexity index is 685. The van der Waals surface area contributed by atoms with Gasteiger partial charge in [0.05, 0.1) is 0 Å². The molecule has 2 nitrogen and oxygen atoms in total. The summed E-state index contributed by atoms with van der Waals surface area (Å²) in [6.45, 7) is 0.958. The van der Waals surface area contributed by atoms with Crippen LogP contribution in [0.4, 0.5) is 0 Å². The minimum absolute atomic E-state index is 0.326. The van der Waals surface area contributed by atoms with Crippen molar-refractivity contribution >= 4 is 5.57 Å². The first-order valence-electron chi connectivity index (χ1n) is 7.39. The van der Waals surface area contributed by atoms with E-state index in [0.717, 1.165) is 24.9 Å². The molecule has 0 unspecified atom stereocenters. The Morgan fingerprint density at radius 2 is 1.81 bits per heavy atom. The molecule has 0 atom stereocenters. The minimum atomic E-state index is 0.326. The summed E-state index contributed by atoms with van der Waals surface area (Å²) in [5.74, 6) is 0.326. The number of nitrogens with zero attached hydrogens (tertiary/aromatic N) is 1. The first-order chi connectivity index (χ1) is 10.1. The summed E-state index contributed by atoms with van der Waals surface area (Å²) in [6, 6.07) is 16.2. The van der Waals surface area contributed by atoms with E-state index in [1.807, 2.05) is 12.1 Å². The Morgan fingerprint density at radius 1 is 1.00 bits per heavy atom. The molecule has 0 spiro atoms. The highest BCUT2D eigenvalue weighted by Crippen LogP contribution is 2.37. The van der Waals surface area contributed by atoms with Crippen LogP contribution in [0.2, 0.25) is 0 Å². The zero-order chi connectivity index (χ0) is 14.8. The van der Waals surface area contributed by atoms with Crippen molar-refractivity contribution in [2.24, 2.45) is 0 Å². The fraction of sp³-hybridized carbons (Fsp3) is 0.263. The summed E-state index contributed by atoms with van der Waals surface area (Å²) >= 11 is 0. The first-order valence-corrected chi connectivity index (χ1v) is 7.39. The molecule has 0 fully saturated rings. The van der Waals surface area contributed by atoms with E-state index in [1.54, 1.807) is 6.07 Å². The van der Waals surface area contributed by atoms with E-state index in [9.17, 15) is 5.11 Å². The highest BCUT2D eigenvalue weighted by Gasteiger charge is 2.20. The lowest BCUT2D eigenvalue weighted by molar-refractivity contribution is 0.439. The molecule has 2 aromatic rings. The van der Waals surface area contributed by atoms with Gasteiger partial charge in [0.15, 0.2) is 0 Å². The lowest BCUT2D eigenvalue weighted by Crippen LogP contribution is -2.19. The van der Waals surface area contributed by atoms with E-state index in [-0.39, 0.29) is 0 Å². The van der Waals surface area contributed by atoms with Crippen molar-refractivity contribution in [2.75, 3.05) is 20.6 Å². The van der Waals surface area contributed by atoms with Crippen LogP contribution in [0.15, 0.2) is 54.1 Å². The molecule has 1 N–H and O–H groups in total. The average molecular weight is 279 g/mol. The Labute approximate surface area is 126 Å². The van der Waals surface area contributed by atoms with Crippen molar-refractivity contribution in [3.63, 3.8) is 0 Å². The summed E-state index contributed by atoms with van der Waals surface area (Å²) in [6.07, 6.45) is 2.18. The number of phenols is 1. The van der Waals surface area contributed by atoms with Gasteiger partial charge in [0.25, 0.3) is 0 Å². The summed E-state index contributed by atoms with van der Waals surface area (Å²) in [5.41, 5.74) is 6.56. The maximum atomic E-state index is 9.83. The number of fused-ring (bicyclic) bond motifs is 1. The predicted molar refractivity (Wildman–Crippen MR) is 87.4 cm³/mol. The molecule has 0 saturated heterocycles. The van der Waals surface area contributed by atoms with E-state index in [2.05, 4.69) is 49.3 Å². The lowest BCUT2D eigenvalue weighted by atomic mass is 9.82. The third-order valence-corrected chi connectivity index (χ3v) is 3.98. The van der Waals surface area contributed by atoms with Gasteiger partial charge in [-0.05, 0) is 66.9 Å². The van der Waals surface area contributed by atoms with Crippen molar-refractivity contribution in [1.82, 2.24) is 4.90 Å². The van der Waals surface area contributed by atoms with Crippen LogP contribution in [0.3, 0.4) is 0 Å². The van der Waals surface area contributed by atoms with E-state index in [0.29, 0.717) is 5.75 Å². The first kappa shape index (κ1) is 13.9. The number of rotatable bonds is 3. The second kappa shape index (κ2) is 5.74. The average Bonchev–Trinajstić information content (AvgIpc) is 2.46. The molecule has 2 heteroatoms. The van der Waals surface area contributed by atoms with Gasteiger partial charge < -0.3 is 10.0 Å². The fourth-order valence-corrected chi connectivity index (χ4v) is 3.14. The summed E-state index contributed by atoms with van der Waals surface area (Å²) in [7, 11) is 4.21. The van der Waals surface area contributed by atoms with E-state index in [4.69, 9.17) is 0 Å². The molecule has 0 heterocycles. The van der Waals surface area contributed by atoms with Gasteiger partial charge in [-0.3, -0.25) is 0 Å². The monoisotopic (exact) mass is 279 g/mol. The van der Waals surface area contributed by atoms with E-state index >= 15 is 0 Å². The van der Waals surface area contributed by atoms with E-state index in [1.165, 1.54) is 22.3 Å². The van der Waals surface area contributed by atoms with Crippen molar-refractivity contribution in [3.05, 3.63) is 70.8 Å². The second-order valence-corrected chi connectivity index (χ2v) is 5.92. The van der Waals surface area contributed by atoms with Crippen molar-refractivity contribution in [3.8, 4) is 5.75 Å². The Hall–Kier alpha value is -2.06. The maximum absolute atomic E-state index is 9.83. The standard InChI is InChI=1S/C19H21NO/c1-20(2)13-16-11-10-14-6-3-4-9-18(14)19(16)15-7-5-8-17(21)12-15/h3-9,12,21H,10-11,13H2,1-2H3. The van der Waals surface area contributed by atoms with Crippen LogP contribution in [0.5, 0.6) is 5.75 Å². The number of hydrogen-bond acceptors (Lipinski definition) is 2. The number of likely N-dealkylation sites (N-methyl/N-ethyl adjacent to an activating group) is 1. The largest absolute Gasteiger partial charge is 0.508 e. The van der Waals surface area contributed by atoms with E-state index < -0.39 is 0 Å². The van der Waals surface area contributed by atoms with Gasteiger partial charge in [-0.25, -0.2) is 0 Å². The van der Waals surface area contributed by atoms with Crippen LogP contribution in [-0.4, -0.2) is 30.6 Å². The molecule has 0 amide bonds. The molecule has 2 aromatic carbocycles. The number of benzene rings is 2. The summed E-state index contributed by atoms with van der Waals surface area (Å²) < 4.78 is 0. The molecule has 0 aliphatic heterocycles. The quantitative estimate of drug-likeness (QED) is 0.926. The third kappa shape index (κ3) is 2.86. The predicted octanol–water partition coefficient (Wildman–Crippen LogP) is 3.70. The molecule has 108 valence electrons. The molecule has 0 bridgehead atoms. The van der Waals surface area contributed by atoms with Gasteiger partial charge in [-0.15, -0.1) is 0 Å². The van der Waals surface area contributed by atoms with Gasteiger partial charge in [0.1, 0.15) is 5.75 Å². The second-order valence-electron chi connectivity index (χ2n) is 5.92. The maximum Gasteiger partial charge on any atom is 0.116 e. The molecule has 1 aliphatic carbocycles. The molecule has 0 saturated carbocycles. The Kier molecular flexibility index (Phi) is 3.80. The number of hydrogen-bond donors (Lipinski definition) is 1. The van der Waals surface area contributed by atoms with Gasteiger partial charge in [-0.2, -0.15) is 0 Å². The highest BCUT2D eigenvalue weighted by atomic mass is 16.3. The van der Waals surface area contributed by atoms with Crippen LogP contribution in [0.1, 0.15) is 23.1 Å². The molecule has 1 aliphatic rings. The zero-order valence-corrected chi connectivity index (χ0v) is 12.6. The van der Waals surface area contributed by atoms with Crippen LogP contribution in [0.25, 0.3) is 5.57 Å². The third-order valence-electron chi connectivity index (χ3n) is 3.98. The fourth-order valence-electron chi connectivity index (χ4n) is 3.14. The van der Waals surface area contributed by atoms with Gasteiger partial charge in [-0.1, -0.05) is 36.4 Å². The molecular weight excluding hydrogens is 258 g/mol. The smallest absolute Gasteiger partial charge is 0.116 e. The summed E-state index contributed by atoms with van der Waals surface area (Å²) in [4.78, 5) is 2.21. The zero-order valence-electron chi connectivity index (χ0n) is 12.6. The number of aryl methyl sites for hydroxylation is 1.